The van der Waals surface area contributed by atoms with Gasteiger partial charge in [0.15, 0.2) is 0 Å². The second-order valence-corrected chi connectivity index (χ2v) is 3.70. The van der Waals surface area contributed by atoms with Gasteiger partial charge in [0.1, 0.15) is 6.79 Å². The average Bonchev–Trinajstić information content (AvgIpc) is 2.26. The van der Waals surface area contributed by atoms with E-state index >= 15 is 0 Å². The first-order valence-corrected chi connectivity index (χ1v) is 5.24. The second kappa shape index (κ2) is 6.88. The molecule has 0 bridgehead atoms. The van der Waals surface area contributed by atoms with Crippen molar-refractivity contribution in [3.8, 4) is 0 Å². The quantitative estimate of drug-likeness (QED) is 0.426. The van der Waals surface area contributed by atoms with Crippen LogP contribution in [0.5, 0.6) is 0 Å². The van der Waals surface area contributed by atoms with E-state index in [1.165, 1.54) is 0 Å². The Labute approximate surface area is 99.9 Å². The summed E-state index contributed by atoms with van der Waals surface area (Å²) >= 11 is 5.96. The highest BCUT2D eigenvalue weighted by atomic mass is 35.5. The molecule has 0 aliphatic rings. The van der Waals surface area contributed by atoms with Crippen molar-refractivity contribution in [2.75, 3.05) is 20.5 Å². The van der Waals surface area contributed by atoms with Gasteiger partial charge in [0.25, 0.3) is 0 Å². The van der Waals surface area contributed by atoms with Crippen LogP contribution < -0.4 is 5.46 Å². The molecule has 0 amide bonds. The topological polar surface area (TPSA) is 58.9 Å². The fraction of sp³-hybridized carbons (Fsp3) is 0.400. The Bertz CT molecular complexity index is 333. The first-order chi connectivity index (χ1) is 7.65. The lowest BCUT2D eigenvalue weighted by Crippen LogP contribution is -2.30. The van der Waals surface area contributed by atoms with Crippen LogP contribution in [0.25, 0.3) is 0 Å². The normalized spacial score (nSPS) is 10.5. The Morgan fingerprint density at radius 1 is 1.38 bits per heavy atom. The van der Waals surface area contributed by atoms with Gasteiger partial charge in [0, 0.05) is 12.1 Å². The second-order valence-electron chi connectivity index (χ2n) is 3.29. The van der Waals surface area contributed by atoms with Gasteiger partial charge in [-0.25, -0.2) is 0 Å². The molecule has 0 saturated carbocycles. The summed E-state index contributed by atoms with van der Waals surface area (Å²) in [6, 6.07) is 4.87. The van der Waals surface area contributed by atoms with Crippen LogP contribution in [0, 0.1) is 0 Å². The van der Waals surface area contributed by atoms with Crippen molar-refractivity contribution in [1.29, 1.82) is 0 Å². The number of rotatable bonds is 6. The van der Waals surface area contributed by atoms with Crippen LogP contribution in [0.1, 0.15) is 5.56 Å². The standard InChI is InChI=1S/C10H14BClO4/c1-15-7-16-5-4-8-6-9(11(13)14)2-3-10(8)12/h2-3,6,13-14H,4-5,7H2,1H3. The summed E-state index contributed by atoms with van der Waals surface area (Å²) in [5.41, 5.74) is 1.24. The summed E-state index contributed by atoms with van der Waals surface area (Å²) < 4.78 is 9.87. The van der Waals surface area contributed by atoms with Gasteiger partial charge in [-0.1, -0.05) is 23.7 Å². The molecule has 0 heterocycles. The molecule has 6 heteroatoms. The van der Waals surface area contributed by atoms with Crippen LogP contribution in [0.3, 0.4) is 0 Å². The Morgan fingerprint density at radius 2 is 2.12 bits per heavy atom. The molecule has 0 unspecified atom stereocenters. The molecule has 0 saturated heterocycles. The van der Waals surface area contributed by atoms with Gasteiger partial charge >= 0.3 is 7.12 Å². The molecule has 16 heavy (non-hydrogen) atoms. The summed E-state index contributed by atoms with van der Waals surface area (Å²) in [4.78, 5) is 0. The van der Waals surface area contributed by atoms with Gasteiger partial charge in [0.05, 0.1) is 6.61 Å². The van der Waals surface area contributed by atoms with E-state index in [1.54, 1.807) is 25.3 Å². The van der Waals surface area contributed by atoms with Crippen molar-refractivity contribution in [3.63, 3.8) is 0 Å². The van der Waals surface area contributed by atoms with E-state index in [4.69, 9.17) is 31.1 Å². The van der Waals surface area contributed by atoms with Crippen LogP contribution in [0.4, 0.5) is 0 Å². The number of ether oxygens (including phenoxy) is 2. The SMILES string of the molecule is COCOCCc1cc(B(O)O)ccc1Cl. The van der Waals surface area contributed by atoms with Gasteiger partial charge in [-0.3, -0.25) is 0 Å². The van der Waals surface area contributed by atoms with E-state index < -0.39 is 7.12 Å². The van der Waals surface area contributed by atoms with Crippen molar-refractivity contribution >= 4 is 24.2 Å². The molecule has 0 aliphatic carbocycles. The zero-order chi connectivity index (χ0) is 12.0. The maximum absolute atomic E-state index is 9.01. The van der Waals surface area contributed by atoms with Crippen LogP contribution in [0.2, 0.25) is 5.02 Å². The maximum atomic E-state index is 9.01. The van der Waals surface area contributed by atoms with E-state index in [0.717, 1.165) is 5.56 Å². The molecule has 0 fully saturated rings. The summed E-state index contributed by atoms with van der Waals surface area (Å²) in [5, 5.41) is 18.6. The largest absolute Gasteiger partial charge is 0.488 e. The van der Waals surface area contributed by atoms with Crippen molar-refractivity contribution in [1.82, 2.24) is 0 Å². The Morgan fingerprint density at radius 3 is 2.75 bits per heavy atom. The summed E-state index contributed by atoms with van der Waals surface area (Å²) in [7, 11) is 0.0753. The summed E-state index contributed by atoms with van der Waals surface area (Å²) in [6.07, 6.45) is 0.600. The predicted molar refractivity (Wildman–Crippen MR) is 62.8 cm³/mol. The highest BCUT2D eigenvalue weighted by Crippen LogP contribution is 2.14. The average molecular weight is 244 g/mol. The van der Waals surface area contributed by atoms with Crippen LogP contribution in [-0.2, 0) is 15.9 Å². The van der Waals surface area contributed by atoms with E-state index in [9.17, 15) is 0 Å². The minimum atomic E-state index is -1.48. The Balaban J connectivity index is 2.60. The molecule has 88 valence electrons. The molecule has 1 aromatic carbocycles. The zero-order valence-electron chi connectivity index (χ0n) is 9.02. The van der Waals surface area contributed by atoms with E-state index in [-0.39, 0.29) is 6.79 Å². The fourth-order valence-electron chi connectivity index (χ4n) is 1.27. The highest BCUT2D eigenvalue weighted by molar-refractivity contribution is 6.58. The minimum Gasteiger partial charge on any atom is -0.423 e. The molecule has 2 N–H and O–H groups in total. The van der Waals surface area contributed by atoms with E-state index in [2.05, 4.69) is 0 Å². The van der Waals surface area contributed by atoms with Crippen molar-refractivity contribution in [3.05, 3.63) is 28.8 Å². The van der Waals surface area contributed by atoms with Crippen LogP contribution in [0.15, 0.2) is 18.2 Å². The van der Waals surface area contributed by atoms with Crippen molar-refractivity contribution in [2.24, 2.45) is 0 Å². The molecule has 0 atom stereocenters. The zero-order valence-corrected chi connectivity index (χ0v) is 9.78. The number of hydrogen-bond donors (Lipinski definition) is 2. The van der Waals surface area contributed by atoms with Crippen LogP contribution in [-0.4, -0.2) is 37.7 Å². The number of methoxy groups -OCH3 is 1. The van der Waals surface area contributed by atoms with Gasteiger partial charge in [-0.05, 0) is 23.5 Å². The van der Waals surface area contributed by atoms with Crippen molar-refractivity contribution in [2.45, 2.75) is 6.42 Å². The van der Waals surface area contributed by atoms with E-state index in [1.807, 2.05) is 0 Å². The first-order valence-electron chi connectivity index (χ1n) is 4.86. The van der Waals surface area contributed by atoms with Gasteiger partial charge in [0.2, 0.25) is 0 Å². The van der Waals surface area contributed by atoms with Crippen LogP contribution >= 0.6 is 11.6 Å². The Hall–Kier alpha value is -0.585. The third-order valence-electron chi connectivity index (χ3n) is 2.08. The first kappa shape index (κ1) is 13.5. The third-order valence-corrected chi connectivity index (χ3v) is 2.45. The summed E-state index contributed by atoms with van der Waals surface area (Å²) in [5.74, 6) is 0. The molecule has 1 aromatic rings. The fourth-order valence-corrected chi connectivity index (χ4v) is 1.48. The Kier molecular flexibility index (Phi) is 5.80. The lowest BCUT2D eigenvalue weighted by atomic mass is 9.79. The monoisotopic (exact) mass is 244 g/mol. The molecule has 0 aliphatic heterocycles. The summed E-state index contributed by atoms with van der Waals surface area (Å²) in [6.45, 7) is 0.707. The maximum Gasteiger partial charge on any atom is 0.488 e. The van der Waals surface area contributed by atoms with Gasteiger partial charge in [-0.2, -0.15) is 0 Å². The third kappa shape index (κ3) is 4.12. The molecule has 1 rings (SSSR count). The lowest BCUT2D eigenvalue weighted by Gasteiger charge is -2.07. The van der Waals surface area contributed by atoms with Gasteiger partial charge in [-0.15, -0.1) is 0 Å². The van der Waals surface area contributed by atoms with E-state index in [0.29, 0.717) is 23.5 Å². The highest BCUT2D eigenvalue weighted by Gasteiger charge is 2.12. The minimum absolute atomic E-state index is 0.236. The number of hydrogen-bond acceptors (Lipinski definition) is 4. The van der Waals surface area contributed by atoms with Gasteiger partial charge < -0.3 is 19.5 Å². The molecule has 0 aromatic heterocycles. The molecular formula is C10H14BClO4. The van der Waals surface area contributed by atoms with Crippen molar-refractivity contribution < 1.29 is 19.5 Å². The molecule has 0 radical (unpaired) electrons. The molecule has 0 spiro atoms. The number of benzene rings is 1. The number of halogens is 1. The smallest absolute Gasteiger partial charge is 0.423 e. The molecule has 4 nitrogen and oxygen atoms in total. The predicted octanol–water partition coefficient (Wildman–Crippen LogP) is 0.183. The molecular weight excluding hydrogens is 230 g/mol. The lowest BCUT2D eigenvalue weighted by molar-refractivity contribution is -0.0291.